The van der Waals surface area contributed by atoms with Gasteiger partial charge in [-0.1, -0.05) is 12.1 Å². The van der Waals surface area contributed by atoms with E-state index in [0.717, 1.165) is 10.9 Å². The molecule has 4 aromatic rings. The van der Waals surface area contributed by atoms with E-state index in [1.54, 1.807) is 62.9 Å². The summed E-state index contributed by atoms with van der Waals surface area (Å²) in [5, 5.41) is 14.2. The number of benzene rings is 3. The monoisotopic (exact) mass is 531 g/mol. The largest absolute Gasteiger partial charge is 0.493 e. The van der Waals surface area contributed by atoms with E-state index < -0.39 is 22.8 Å². The van der Waals surface area contributed by atoms with E-state index in [2.05, 4.69) is 10.3 Å². The highest BCUT2D eigenvalue weighted by molar-refractivity contribution is 5.97. The SMILES string of the molecule is COC(=O)C(Cc1ccc(Oc2ccnc3cc(OC)c(OC)cc23)cc1)NC(=O)c1ccc([N+](=O)[O-])cc1. The van der Waals surface area contributed by atoms with Crippen LogP contribution in [0.3, 0.4) is 0 Å². The van der Waals surface area contributed by atoms with Crippen molar-refractivity contribution in [2.24, 2.45) is 0 Å². The number of nitrogens with one attached hydrogen (secondary N) is 1. The fourth-order valence-corrected chi connectivity index (χ4v) is 3.90. The quantitative estimate of drug-likeness (QED) is 0.178. The number of nitro benzene ring substituents is 1. The lowest BCUT2D eigenvalue weighted by atomic mass is 10.0. The minimum absolute atomic E-state index is 0.142. The van der Waals surface area contributed by atoms with Crippen LogP contribution in [0, 0.1) is 10.1 Å². The summed E-state index contributed by atoms with van der Waals surface area (Å²) in [6.07, 6.45) is 1.79. The first kappa shape index (κ1) is 26.9. The van der Waals surface area contributed by atoms with Crippen molar-refractivity contribution in [2.45, 2.75) is 12.5 Å². The molecule has 0 spiro atoms. The second kappa shape index (κ2) is 11.9. The lowest BCUT2D eigenvalue weighted by Crippen LogP contribution is -2.43. The minimum Gasteiger partial charge on any atom is -0.493 e. The Labute approximate surface area is 223 Å². The fourth-order valence-electron chi connectivity index (χ4n) is 3.90. The predicted molar refractivity (Wildman–Crippen MR) is 141 cm³/mol. The summed E-state index contributed by atoms with van der Waals surface area (Å²) in [5.74, 6) is 1.03. The van der Waals surface area contributed by atoms with Crippen molar-refractivity contribution in [3.05, 3.63) is 94.2 Å². The summed E-state index contributed by atoms with van der Waals surface area (Å²) in [5.41, 5.74) is 1.45. The summed E-state index contributed by atoms with van der Waals surface area (Å²) >= 11 is 0. The van der Waals surface area contributed by atoms with Gasteiger partial charge in [-0.25, -0.2) is 4.79 Å². The van der Waals surface area contributed by atoms with Crippen molar-refractivity contribution in [2.75, 3.05) is 21.3 Å². The highest BCUT2D eigenvalue weighted by atomic mass is 16.6. The standard InChI is InChI=1S/C28H25N3O8/c1-36-25-15-21-22(16-26(25)37-2)29-13-12-24(21)39-20-10-4-17(5-11-20)14-23(28(33)38-3)30-27(32)18-6-8-19(9-7-18)31(34)35/h4-13,15-16,23H,14H2,1-3H3,(H,30,32). The van der Waals surface area contributed by atoms with Gasteiger partial charge >= 0.3 is 5.97 Å². The number of ether oxygens (including phenoxy) is 4. The van der Waals surface area contributed by atoms with Gasteiger partial charge in [0.15, 0.2) is 11.5 Å². The number of nitrogens with zero attached hydrogens (tertiary/aromatic N) is 2. The van der Waals surface area contributed by atoms with Crippen LogP contribution in [-0.4, -0.2) is 49.2 Å². The number of hydrogen-bond donors (Lipinski definition) is 1. The highest BCUT2D eigenvalue weighted by Gasteiger charge is 2.23. The molecule has 0 aliphatic heterocycles. The molecule has 39 heavy (non-hydrogen) atoms. The molecule has 0 saturated heterocycles. The fraction of sp³-hybridized carbons (Fsp3) is 0.179. The van der Waals surface area contributed by atoms with Crippen LogP contribution >= 0.6 is 0 Å². The van der Waals surface area contributed by atoms with Gasteiger partial charge in [-0.15, -0.1) is 0 Å². The molecule has 0 bridgehead atoms. The van der Waals surface area contributed by atoms with Gasteiger partial charge < -0.3 is 24.3 Å². The Morgan fingerprint density at radius 1 is 0.923 bits per heavy atom. The lowest BCUT2D eigenvalue weighted by Gasteiger charge is -2.17. The summed E-state index contributed by atoms with van der Waals surface area (Å²) in [4.78, 5) is 39.7. The van der Waals surface area contributed by atoms with Crippen molar-refractivity contribution in [3.63, 3.8) is 0 Å². The summed E-state index contributed by atoms with van der Waals surface area (Å²) in [6, 6.07) is 16.4. The van der Waals surface area contributed by atoms with E-state index in [1.165, 1.54) is 31.4 Å². The zero-order chi connectivity index (χ0) is 27.9. The first-order chi connectivity index (χ1) is 18.8. The molecular weight excluding hydrogens is 506 g/mol. The number of nitro groups is 1. The Morgan fingerprint density at radius 2 is 1.59 bits per heavy atom. The average molecular weight is 532 g/mol. The molecule has 1 N–H and O–H groups in total. The maximum absolute atomic E-state index is 12.7. The number of fused-ring (bicyclic) bond motifs is 1. The van der Waals surface area contributed by atoms with Crippen molar-refractivity contribution < 1.29 is 33.5 Å². The maximum Gasteiger partial charge on any atom is 0.328 e. The molecule has 0 saturated carbocycles. The zero-order valence-corrected chi connectivity index (χ0v) is 21.4. The summed E-state index contributed by atoms with van der Waals surface area (Å²) < 4.78 is 21.7. The molecule has 3 aromatic carbocycles. The van der Waals surface area contributed by atoms with Crippen LogP contribution in [0.1, 0.15) is 15.9 Å². The third kappa shape index (κ3) is 6.21. The maximum atomic E-state index is 12.7. The number of pyridine rings is 1. The normalized spacial score (nSPS) is 11.4. The van der Waals surface area contributed by atoms with Crippen molar-refractivity contribution in [1.82, 2.24) is 10.3 Å². The van der Waals surface area contributed by atoms with Crippen molar-refractivity contribution in [3.8, 4) is 23.0 Å². The van der Waals surface area contributed by atoms with Crippen LogP contribution in [0.4, 0.5) is 5.69 Å². The number of rotatable bonds is 10. The van der Waals surface area contributed by atoms with Crippen LogP contribution in [-0.2, 0) is 16.0 Å². The molecule has 11 heteroatoms. The molecule has 11 nitrogen and oxygen atoms in total. The van der Waals surface area contributed by atoms with E-state index in [1.807, 2.05) is 0 Å². The number of amides is 1. The smallest absolute Gasteiger partial charge is 0.328 e. The van der Waals surface area contributed by atoms with Gasteiger partial charge in [-0.05, 0) is 42.0 Å². The molecule has 1 aromatic heterocycles. The second-order valence-electron chi connectivity index (χ2n) is 8.34. The molecule has 1 atom stereocenters. The molecule has 200 valence electrons. The van der Waals surface area contributed by atoms with Gasteiger partial charge in [0.2, 0.25) is 0 Å². The summed E-state index contributed by atoms with van der Waals surface area (Å²) in [7, 11) is 4.33. The number of carbonyl (C=O) groups is 2. The molecule has 0 fully saturated rings. The first-order valence-electron chi connectivity index (χ1n) is 11.7. The topological polar surface area (TPSA) is 139 Å². The number of methoxy groups -OCH3 is 3. The van der Waals surface area contributed by atoms with Gasteiger partial charge in [0.1, 0.15) is 17.5 Å². The number of esters is 1. The highest BCUT2D eigenvalue weighted by Crippen LogP contribution is 2.36. The summed E-state index contributed by atoms with van der Waals surface area (Å²) in [6.45, 7) is 0. The Bertz CT molecular complexity index is 1500. The Morgan fingerprint density at radius 3 is 2.21 bits per heavy atom. The molecular formula is C28H25N3O8. The van der Waals surface area contributed by atoms with E-state index in [4.69, 9.17) is 18.9 Å². The predicted octanol–water partition coefficient (Wildman–Crippen LogP) is 4.47. The van der Waals surface area contributed by atoms with Crippen LogP contribution in [0.5, 0.6) is 23.0 Å². The third-order valence-electron chi connectivity index (χ3n) is 5.93. The van der Waals surface area contributed by atoms with E-state index in [-0.39, 0.29) is 17.7 Å². The molecule has 1 heterocycles. The van der Waals surface area contributed by atoms with Gasteiger partial charge in [0, 0.05) is 41.8 Å². The molecule has 0 radical (unpaired) electrons. The Balaban J connectivity index is 1.49. The van der Waals surface area contributed by atoms with Gasteiger partial charge in [0.05, 0.1) is 31.8 Å². The van der Waals surface area contributed by atoms with Crippen molar-refractivity contribution >= 4 is 28.5 Å². The lowest BCUT2D eigenvalue weighted by molar-refractivity contribution is -0.384. The van der Waals surface area contributed by atoms with Gasteiger partial charge in [-0.2, -0.15) is 0 Å². The number of aromatic nitrogens is 1. The Kier molecular flexibility index (Phi) is 8.20. The molecule has 0 aliphatic rings. The molecule has 0 aliphatic carbocycles. The Hall–Kier alpha value is -5.19. The van der Waals surface area contributed by atoms with Gasteiger partial charge in [0.25, 0.3) is 11.6 Å². The number of hydrogen-bond acceptors (Lipinski definition) is 9. The first-order valence-corrected chi connectivity index (χ1v) is 11.7. The van der Waals surface area contributed by atoms with Crippen LogP contribution in [0.25, 0.3) is 10.9 Å². The molecule has 4 rings (SSSR count). The minimum atomic E-state index is -0.976. The van der Waals surface area contributed by atoms with Crippen LogP contribution in [0.2, 0.25) is 0 Å². The molecule has 1 amide bonds. The van der Waals surface area contributed by atoms with Crippen LogP contribution in [0.15, 0.2) is 72.9 Å². The number of carbonyl (C=O) groups excluding carboxylic acids is 2. The molecule has 1 unspecified atom stereocenters. The van der Waals surface area contributed by atoms with E-state index in [0.29, 0.717) is 28.5 Å². The van der Waals surface area contributed by atoms with Gasteiger partial charge in [-0.3, -0.25) is 19.9 Å². The van der Waals surface area contributed by atoms with E-state index in [9.17, 15) is 19.7 Å². The van der Waals surface area contributed by atoms with Crippen molar-refractivity contribution in [1.29, 1.82) is 0 Å². The van der Waals surface area contributed by atoms with Crippen LogP contribution < -0.4 is 19.5 Å². The average Bonchev–Trinajstić information content (AvgIpc) is 2.96. The third-order valence-corrected chi connectivity index (χ3v) is 5.93. The second-order valence-corrected chi connectivity index (χ2v) is 8.34. The number of non-ortho nitro benzene ring substituents is 1. The van der Waals surface area contributed by atoms with E-state index >= 15 is 0 Å². The zero-order valence-electron chi connectivity index (χ0n) is 21.4.